The molecule has 0 saturated carbocycles. The van der Waals surface area contributed by atoms with E-state index >= 15 is 0 Å². The van der Waals surface area contributed by atoms with Gasteiger partial charge in [0.05, 0.1) is 5.56 Å². The predicted octanol–water partition coefficient (Wildman–Crippen LogP) is 3.63. The molecule has 0 unspecified atom stereocenters. The molecular weight excluding hydrogens is 384 g/mol. The summed E-state index contributed by atoms with van der Waals surface area (Å²) in [4.78, 5) is 35.9. The van der Waals surface area contributed by atoms with Crippen LogP contribution in [0.25, 0.3) is 0 Å². The van der Waals surface area contributed by atoms with Gasteiger partial charge in [-0.3, -0.25) is 9.59 Å². The maximum absolute atomic E-state index is 12.2. The Morgan fingerprint density at radius 3 is 2.20 bits per heavy atom. The molecule has 2 N–H and O–H groups in total. The zero-order valence-electron chi connectivity index (χ0n) is 16.3. The van der Waals surface area contributed by atoms with Crippen molar-refractivity contribution in [3.63, 3.8) is 0 Å². The van der Waals surface area contributed by atoms with Crippen LogP contribution in [0.4, 0.5) is 5.69 Å². The summed E-state index contributed by atoms with van der Waals surface area (Å²) < 4.78 is 10.7. The zero-order valence-corrected chi connectivity index (χ0v) is 16.3. The van der Waals surface area contributed by atoms with Gasteiger partial charge in [0.1, 0.15) is 11.5 Å². The summed E-state index contributed by atoms with van der Waals surface area (Å²) in [6, 6.07) is 22.1. The van der Waals surface area contributed by atoms with Crippen molar-refractivity contribution in [2.24, 2.45) is 0 Å². The highest BCUT2D eigenvalue weighted by Gasteiger charge is 2.12. The van der Waals surface area contributed by atoms with Crippen LogP contribution in [0.5, 0.6) is 11.5 Å². The van der Waals surface area contributed by atoms with Crippen LogP contribution in [-0.4, -0.2) is 31.4 Å². The number of esters is 1. The van der Waals surface area contributed by atoms with Crippen molar-refractivity contribution in [2.75, 3.05) is 19.0 Å². The second kappa shape index (κ2) is 9.88. The molecule has 3 rings (SSSR count). The van der Waals surface area contributed by atoms with Gasteiger partial charge in [-0.25, -0.2) is 4.79 Å². The van der Waals surface area contributed by atoms with Crippen molar-refractivity contribution >= 4 is 23.5 Å². The lowest BCUT2D eigenvalue weighted by Crippen LogP contribution is -2.22. The fourth-order valence-corrected chi connectivity index (χ4v) is 2.58. The molecule has 0 spiro atoms. The molecule has 0 aliphatic heterocycles. The normalized spacial score (nSPS) is 10.0. The summed E-state index contributed by atoms with van der Waals surface area (Å²) in [5.74, 6) is -0.148. The highest BCUT2D eigenvalue weighted by Crippen LogP contribution is 2.21. The molecule has 0 fully saturated rings. The van der Waals surface area contributed by atoms with Crippen molar-refractivity contribution in [1.82, 2.24) is 5.32 Å². The first-order chi connectivity index (χ1) is 14.5. The van der Waals surface area contributed by atoms with Crippen molar-refractivity contribution in [3.8, 4) is 11.5 Å². The van der Waals surface area contributed by atoms with Crippen LogP contribution < -0.4 is 15.4 Å². The van der Waals surface area contributed by atoms with Gasteiger partial charge in [0, 0.05) is 18.3 Å². The van der Waals surface area contributed by atoms with Gasteiger partial charge >= 0.3 is 5.97 Å². The molecule has 3 aromatic rings. The van der Waals surface area contributed by atoms with Crippen molar-refractivity contribution in [2.45, 2.75) is 0 Å². The summed E-state index contributed by atoms with van der Waals surface area (Å²) in [5.41, 5.74) is 1.13. The van der Waals surface area contributed by atoms with Gasteiger partial charge in [-0.05, 0) is 54.6 Å². The molecule has 7 heteroatoms. The zero-order chi connectivity index (χ0) is 21.3. The molecule has 0 atom stereocenters. The number of para-hydroxylation sites is 1. The average Bonchev–Trinajstić information content (AvgIpc) is 2.78. The monoisotopic (exact) mass is 404 g/mol. The molecule has 30 heavy (non-hydrogen) atoms. The molecule has 0 bridgehead atoms. The highest BCUT2D eigenvalue weighted by molar-refractivity contribution is 5.98. The number of nitrogens with one attached hydrogen (secondary N) is 2. The van der Waals surface area contributed by atoms with Gasteiger partial charge < -0.3 is 20.1 Å². The lowest BCUT2D eigenvalue weighted by Gasteiger charge is -2.09. The molecule has 152 valence electrons. The third-order valence-electron chi connectivity index (χ3n) is 4.04. The summed E-state index contributed by atoms with van der Waals surface area (Å²) >= 11 is 0. The van der Waals surface area contributed by atoms with E-state index < -0.39 is 18.5 Å². The van der Waals surface area contributed by atoms with Gasteiger partial charge in [0.25, 0.3) is 11.8 Å². The number of ether oxygens (including phenoxy) is 2. The number of anilines is 1. The standard InChI is InChI=1S/C23H20N2O5/c1-24-22(27)17-6-5-7-18(14-17)25-21(26)15-29-23(28)16-10-12-20(13-11-16)30-19-8-3-2-4-9-19/h2-14H,15H2,1H3,(H,24,27)(H,25,26). The van der Waals surface area contributed by atoms with Crippen LogP contribution in [0.15, 0.2) is 78.9 Å². The number of carbonyl (C=O) groups excluding carboxylic acids is 3. The molecule has 0 saturated heterocycles. The Balaban J connectivity index is 1.51. The van der Waals surface area contributed by atoms with E-state index in [-0.39, 0.29) is 5.91 Å². The number of rotatable bonds is 7. The van der Waals surface area contributed by atoms with Crippen molar-refractivity contribution in [3.05, 3.63) is 90.0 Å². The van der Waals surface area contributed by atoms with E-state index in [0.717, 1.165) is 0 Å². The highest BCUT2D eigenvalue weighted by atomic mass is 16.5. The van der Waals surface area contributed by atoms with Gasteiger partial charge in [0.2, 0.25) is 0 Å². The van der Waals surface area contributed by atoms with E-state index in [1.54, 1.807) is 42.5 Å². The largest absolute Gasteiger partial charge is 0.457 e. The predicted molar refractivity (Wildman–Crippen MR) is 112 cm³/mol. The number of carbonyl (C=O) groups is 3. The minimum Gasteiger partial charge on any atom is -0.457 e. The molecule has 2 amide bonds. The smallest absolute Gasteiger partial charge is 0.338 e. The van der Waals surface area contributed by atoms with Crippen LogP contribution >= 0.6 is 0 Å². The molecule has 0 radical (unpaired) electrons. The lowest BCUT2D eigenvalue weighted by molar-refractivity contribution is -0.119. The second-order valence-corrected chi connectivity index (χ2v) is 6.22. The maximum Gasteiger partial charge on any atom is 0.338 e. The fourth-order valence-electron chi connectivity index (χ4n) is 2.58. The van der Waals surface area contributed by atoms with Crippen LogP contribution in [0, 0.1) is 0 Å². The van der Waals surface area contributed by atoms with Crippen LogP contribution in [0.3, 0.4) is 0 Å². The van der Waals surface area contributed by atoms with Gasteiger partial charge in [0.15, 0.2) is 6.61 Å². The molecule has 0 heterocycles. The average molecular weight is 404 g/mol. The first-order valence-electron chi connectivity index (χ1n) is 9.17. The Labute approximate surface area is 173 Å². The van der Waals surface area contributed by atoms with Crippen molar-refractivity contribution in [1.29, 1.82) is 0 Å². The summed E-state index contributed by atoms with van der Waals surface area (Å²) in [5, 5.41) is 5.10. The second-order valence-electron chi connectivity index (χ2n) is 6.22. The maximum atomic E-state index is 12.2. The summed E-state index contributed by atoms with van der Waals surface area (Å²) in [6.45, 7) is -0.453. The quantitative estimate of drug-likeness (QED) is 0.587. The molecule has 3 aromatic carbocycles. The number of amides is 2. The molecular formula is C23H20N2O5. The van der Waals surface area contributed by atoms with E-state index in [0.29, 0.717) is 28.3 Å². The minimum absolute atomic E-state index is 0.266. The van der Waals surface area contributed by atoms with Gasteiger partial charge in [-0.15, -0.1) is 0 Å². The van der Waals surface area contributed by atoms with E-state index in [2.05, 4.69) is 10.6 Å². The van der Waals surface area contributed by atoms with E-state index in [9.17, 15) is 14.4 Å². The Kier molecular flexibility index (Phi) is 6.78. The number of benzene rings is 3. The van der Waals surface area contributed by atoms with Crippen LogP contribution in [0.1, 0.15) is 20.7 Å². The number of hydrogen-bond acceptors (Lipinski definition) is 5. The lowest BCUT2D eigenvalue weighted by atomic mass is 10.2. The Morgan fingerprint density at radius 1 is 0.800 bits per heavy atom. The SMILES string of the molecule is CNC(=O)c1cccc(NC(=O)COC(=O)c2ccc(Oc3ccccc3)cc2)c1. The summed E-state index contributed by atoms with van der Waals surface area (Å²) in [7, 11) is 1.52. The van der Waals surface area contributed by atoms with E-state index in [1.807, 2.05) is 30.3 Å². The topological polar surface area (TPSA) is 93.7 Å². The summed E-state index contributed by atoms with van der Waals surface area (Å²) in [6.07, 6.45) is 0. The van der Waals surface area contributed by atoms with Crippen molar-refractivity contribution < 1.29 is 23.9 Å². The van der Waals surface area contributed by atoms with Gasteiger partial charge in [-0.1, -0.05) is 24.3 Å². The molecule has 7 nitrogen and oxygen atoms in total. The van der Waals surface area contributed by atoms with E-state index in [4.69, 9.17) is 9.47 Å². The fraction of sp³-hybridized carbons (Fsp3) is 0.0870. The molecule has 0 aliphatic rings. The molecule has 0 aromatic heterocycles. The van der Waals surface area contributed by atoms with Crippen LogP contribution in [-0.2, 0) is 9.53 Å². The minimum atomic E-state index is -0.629. The Morgan fingerprint density at radius 2 is 1.50 bits per heavy atom. The first-order valence-corrected chi connectivity index (χ1v) is 9.17. The Bertz CT molecular complexity index is 1030. The first kappa shape index (κ1) is 20.6. The van der Waals surface area contributed by atoms with E-state index in [1.165, 1.54) is 13.1 Å². The van der Waals surface area contributed by atoms with Gasteiger partial charge in [-0.2, -0.15) is 0 Å². The molecule has 0 aliphatic carbocycles. The Hall–Kier alpha value is -4.13. The third kappa shape index (κ3) is 5.68. The van der Waals surface area contributed by atoms with Crippen LogP contribution in [0.2, 0.25) is 0 Å². The third-order valence-corrected chi connectivity index (χ3v) is 4.04. The number of hydrogen-bond donors (Lipinski definition) is 2.